The molecule has 3 rings (SSSR count). The van der Waals surface area contributed by atoms with Crippen molar-refractivity contribution in [2.24, 2.45) is 0 Å². The van der Waals surface area contributed by atoms with Gasteiger partial charge in [-0.3, -0.25) is 14.8 Å². The highest BCUT2D eigenvalue weighted by Crippen LogP contribution is 2.28. The number of alkyl halides is 3. The lowest BCUT2D eigenvalue weighted by atomic mass is 10.0. The minimum absolute atomic E-state index is 0.0286. The number of nitrogens with zero attached hydrogens (tertiary/aromatic N) is 2. The molecule has 0 unspecified atom stereocenters. The number of Topliss-reactive ketones (excluding diaryl/α,β-unsaturated/α-hetero) is 1. The lowest BCUT2D eigenvalue weighted by Crippen LogP contribution is -2.20. The molecule has 0 radical (unpaired) electrons. The van der Waals surface area contributed by atoms with Crippen LogP contribution in [0, 0.1) is 5.82 Å². The number of pyridine rings is 2. The molecule has 0 saturated carbocycles. The Hall–Kier alpha value is -3.82. The van der Waals surface area contributed by atoms with Gasteiger partial charge in [-0.15, -0.1) is 13.2 Å². The van der Waals surface area contributed by atoms with Crippen LogP contribution in [0.15, 0.2) is 55.0 Å². The molecule has 0 atom stereocenters. The summed E-state index contributed by atoms with van der Waals surface area (Å²) >= 11 is 0. The van der Waals surface area contributed by atoms with E-state index >= 15 is 0 Å². The summed E-state index contributed by atoms with van der Waals surface area (Å²) in [6.07, 6.45) is -1.19. The first-order valence-corrected chi connectivity index (χ1v) is 8.74. The van der Waals surface area contributed by atoms with Crippen molar-refractivity contribution in [3.05, 3.63) is 77.6 Å². The number of benzene rings is 1. The second-order valence-corrected chi connectivity index (χ2v) is 6.24. The predicted molar refractivity (Wildman–Crippen MR) is 99.9 cm³/mol. The molecule has 0 aliphatic rings. The summed E-state index contributed by atoms with van der Waals surface area (Å²) in [5, 5.41) is 0. The summed E-state index contributed by atoms with van der Waals surface area (Å²) in [5.41, 5.74) is 0.479. The van der Waals surface area contributed by atoms with Crippen molar-refractivity contribution in [1.82, 2.24) is 9.97 Å². The number of hydrogen-bond donors (Lipinski definition) is 0. The fourth-order valence-corrected chi connectivity index (χ4v) is 2.73. The molecule has 31 heavy (non-hydrogen) atoms. The zero-order chi connectivity index (χ0) is 22.6. The molecule has 0 aliphatic heterocycles. The number of esters is 1. The maximum absolute atomic E-state index is 13.8. The van der Waals surface area contributed by atoms with Gasteiger partial charge in [-0.2, -0.15) is 0 Å². The highest BCUT2D eigenvalue weighted by Gasteiger charge is 2.33. The topological polar surface area (TPSA) is 78.4 Å². The van der Waals surface area contributed by atoms with E-state index in [0.717, 1.165) is 25.3 Å². The first-order chi connectivity index (χ1) is 14.7. The minimum Gasteiger partial charge on any atom is -0.465 e. The fraction of sp³-hybridized carbons (Fsp3) is 0.143. The maximum Gasteiger partial charge on any atom is 0.573 e. The lowest BCUT2D eigenvalue weighted by Gasteiger charge is -2.13. The van der Waals surface area contributed by atoms with Gasteiger partial charge in [0.2, 0.25) is 0 Å². The number of rotatable bonds is 6. The smallest absolute Gasteiger partial charge is 0.465 e. The maximum atomic E-state index is 13.8. The molecule has 160 valence electrons. The van der Waals surface area contributed by atoms with Crippen molar-refractivity contribution >= 4 is 11.8 Å². The molecule has 0 fully saturated rings. The van der Waals surface area contributed by atoms with E-state index in [2.05, 4.69) is 19.4 Å². The second-order valence-electron chi connectivity index (χ2n) is 6.24. The molecule has 2 heterocycles. The average Bonchev–Trinajstić information content (AvgIpc) is 2.73. The Morgan fingerprint density at radius 3 is 2.45 bits per heavy atom. The van der Waals surface area contributed by atoms with Crippen LogP contribution >= 0.6 is 0 Å². The van der Waals surface area contributed by atoms with Gasteiger partial charge < -0.3 is 9.47 Å². The molecule has 0 amide bonds. The van der Waals surface area contributed by atoms with Crippen LogP contribution in [-0.2, 0) is 11.2 Å². The number of ketones is 1. The summed E-state index contributed by atoms with van der Waals surface area (Å²) in [7, 11) is 0.991. The molecule has 0 aliphatic carbocycles. The largest absolute Gasteiger partial charge is 0.573 e. The molecule has 0 spiro atoms. The van der Waals surface area contributed by atoms with E-state index in [1.165, 1.54) is 30.7 Å². The zero-order valence-corrected chi connectivity index (χ0v) is 15.9. The van der Waals surface area contributed by atoms with E-state index in [-0.39, 0.29) is 17.5 Å². The van der Waals surface area contributed by atoms with Gasteiger partial charge in [-0.05, 0) is 30.3 Å². The minimum atomic E-state index is -5.02. The number of hydrogen-bond acceptors (Lipinski definition) is 6. The number of carbonyl (C=O) groups is 2. The lowest BCUT2D eigenvalue weighted by molar-refractivity contribution is -0.274. The normalized spacial score (nSPS) is 11.1. The molecule has 0 bridgehead atoms. The van der Waals surface area contributed by atoms with Crippen LogP contribution < -0.4 is 4.74 Å². The third-order valence-electron chi connectivity index (χ3n) is 4.18. The summed E-state index contributed by atoms with van der Waals surface area (Å²) < 4.78 is 59.7. The van der Waals surface area contributed by atoms with Gasteiger partial charge in [0.05, 0.1) is 13.5 Å². The zero-order valence-electron chi connectivity index (χ0n) is 15.9. The van der Waals surface area contributed by atoms with E-state index in [1.807, 2.05) is 0 Å². The fourth-order valence-electron chi connectivity index (χ4n) is 2.73. The quantitative estimate of drug-likeness (QED) is 0.325. The van der Waals surface area contributed by atoms with Crippen molar-refractivity contribution in [1.29, 1.82) is 0 Å². The Morgan fingerprint density at radius 2 is 1.84 bits per heavy atom. The standard InChI is InChI=1S/C21H14F4N2O4/c1-30-20(29)15-8-12(3-5-19(15)31-21(23,24)25)18(28)9-14-4-2-13(10-27-14)16-11-26-7-6-17(16)22/h2-8,10-11H,9H2,1H3. The van der Waals surface area contributed by atoms with Gasteiger partial charge in [-0.1, -0.05) is 6.07 Å². The second kappa shape index (κ2) is 8.90. The predicted octanol–water partition coefficient (Wildman–Crippen LogP) is 4.39. The number of carbonyl (C=O) groups excluding carboxylic acids is 2. The van der Waals surface area contributed by atoms with Crippen molar-refractivity contribution in [3.63, 3.8) is 0 Å². The van der Waals surface area contributed by atoms with Crippen LogP contribution in [0.2, 0.25) is 0 Å². The van der Waals surface area contributed by atoms with Crippen molar-refractivity contribution in [3.8, 4) is 16.9 Å². The SMILES string of the molecule is COC(=O)c1cc(C(=O)Cc2ccc(-c3cnccc3F)cn2)ccc1OC(F)(F)F. The average molecular weight is 434 g/mol. The van der Waals surface area contributed by atoms with Gasteiger partial charge in [-0.25, -0.2) is 9.18 Å². The molecule has 1 aromatic carbocycles. The molecule has 10 heteroatoms. The van der Waals surface area contributed by atoms with Gasteiger partial charge in [0.15, 0.2) is 5.78 Å². The van der Waals surface area contributed by atoms with Crippen LogP contribution in [0.1, 0.15) is 26.4 Å². The Morgan fingerprint density at radius 1 is 1.06 bits per heavy atom. The highest BCUT2D eigenvalue weighted by molar-refractivity contribution is 6.01. The van der Waals surface area contributed by atoms with Crippen LogP contribution in [0.3, 0.4) is 0 Å². The van der Waals surface area contributed by atoms with Crippen LogP contribution in [0.25, 0.3) is 11.1 Å². The van der Waals surface area contributed by atoms with Crippen LogP contribution in [0.5, 0.6) is 5.75 Å². The van der Waals surface area contributed by atoms with Gasteiger partial charge in [0, 0.05) is 41.0 Å². The molecular weight excluding hydrogens is 420 g/mol. The molecule has 0 N–H and O–H groups in total. The van der Waals surface area contributed by atoms with Gasteiger partial charge in [0.25, 0.3) is 0 Å². The Kier molecular flexibility index (Phi) is 6.28. The first-order valence-electron chi connectivity index (χ1n) is 8.74. The third-order valence-corrected chi connectivity index (χ3v) is 4.18. The van der Waals surface area contributed by atoms with E-state index in [9.17, 15) is 27.2 Å². The third kappa shape index (κ3) is 5.41. The van der Waals surface area contributed by atoms with E-state index < -0.39 is 35.2 Å². The number of halogens is 4. The van der Waals surface area contributed by atoms with E-state index in [0.29, 0.717) is 11.3 Å². The molecule has 2 aromatic heterocycles. The van der Waals surface area contributed by atoms with Gasteiger partial charge in [0.1, 0.15) is 17.1 Å². The Labute approximate surface area is 173 Å². The van der Waals surface area contributed by atoms with Crippen LogP contribution in [0.4, 0.5) is 17.6 Å². The number of methoxy groups -OCH3 is 1. The molecule has 0 saturated heterocycles. The Balaban J connectivity index is 1.81. The summed E-state index contributed by atoms with van der Waals surface area (Å²) in [4.78, 5) is 32.4. The molecule has 3 aromatic rings. The Bertz CT molecular complexity index is 1120. The number of aromatic nitrogens is 2. The van der Waals surface area contributed by atoms with Gasteiger partial charge >= 0.3 is 12.3 Å². The number of ether oxygens (including phenoxy) is 2. The summed E-state index contributed by atoms with van der Waals surface area (Å²) in [5.74, 6) is -2.85. The van der Waals surface area contributed by atoms with Crippen molar-refractivity contribution in [2.75, 3.05) is 7.11 Å². The van der Waals surface area contributed by atoms with Crippen LogP contribution in [-0.4, -0.2) is 35.2 Å². The van der Waals surface area contributed by atoms with E-state index in [1.54, 1.807) is 6.07 Å². The highest BCUT2D eigenvalue weighted by atomic mass is 19.4. The monoisotopic (exact) mass is 434 g/mol. The van der Waals surface area contributed by atoms with Crippen molar-refractivity contribution < 1.29 is 36.6 Å². The summed E-state index contributed by atoms with van der Waals surface area (Å²) in [6, 6.07) is 7.23. The molecule has 6 nitrogen and oxygen atoms in total. The molecular formula is C21H14F4N2O4. The first kappa shape index (κ1) is 21.9. The van der Waals surface area contributed by atoms with E-state index in [4.69, 9.17) is 0 Å². The summed E-state index contributed by atoms with van der Waals surface area (Å²) in [6.45, 7) is 0. The van der Waals surface area contributed by atoms with Crippen molar-refractivity contribution in [2.45, 2.75) is 12.8 Å².